The van der Waals surface area contributed by atoms with E-state index < -0.39 is 0 Å². The van der Waals surface area contributed by atoms with Gasteiger partial charge in [0.05, 0.1) is 11.4 Å². The molecule has 90 valence electrons. The number of allylic oxidation sites excluding steroid dienone is 4. The number of rotatable bonds is 5. The van der Waals surface area contributed by atoms with Crippen molar-refractivity contribution in [3.63, 3.8) is 0 Å². The van der Waals surface area contributed by atoms with Crippen molar-refractivity contribution in [2.75, 3.05) is 7.05 Å². The Morgan fingerprint density at radius 3 is 2.88 bits per heavy atom. The molecule has 1 heterocycles. The quantitative estimate of drug-likeness (QED) is 0.558. The zero-order valence-corrected chi connectivity index (χ0v) is 10.9. The van der Waals surface area contributed by atoms with Gasteiger partial charge in [-0.1, -0.05) is 37.6 Å². The smallest absolute Gasteiger partial charge is 0.0913 e. The van der Waals surface area contributed by atoms with Crippen LogP contribution in [0.1, 0.15) is 31.5 Å². The fourth-order valence-corrected chi connectivity index (χ4v) is 1.66. The van der Waals surface area contributed by atoms with E-state index in [0.29, 0.717) is 0 Å². The lowest BCUT2D eigenvalue weighted by Crippen LogP contribution is -2.05. The largest absolute Gasteiger partial charge is 0.286 e. The summed E-state index contributed by atoms with van der Waals surface area (Å²) in [6.07, 6.45) is 12.0. The molecule has 2 nitrogen and oxygen atoms in total. The normalized spacial score (nSPS) is 12.8. The predicted octanol–water partition coefficient (Wildman–Crippen LogP) is 3.59. The molecule has 0 aliphatic heterocycles. The van der Waals surface area contributed by atoms with Crippen molar-refractivity contribution in [2.24, 2.45) is 4.99 Å². The highest BCUT2D eigenvalue weighted by Crippen LogP contribution is 2.10. The molecular weight excluding hydrogens is 208 g/mol. The molecular formula is C15H20N2. The van der Waals surface area contributed by atoms with E-state index in [4.69, 9.17) is 0 Å². The summed E-state index contributed by atoms with van der Waals surface area (Å²) >= 11 is 0. The minimum Gasteiger partial charge on any atom is -0.286 e. The molecule has 0 amide bonds. The lowest BCUT2D eigenvalue weighted by Gasteiger charge is -2.06. The molecule has 0 saturated heterocycles. The van der Waals surface area contributed by atoms with E-state index in [9.17, 15) is 0 Å². The first-order valence-electron chi connectivity index (χ1n) is 6.03. The molecule has 0 atom stereocenters. The van der Waals surface area contributed by atoms with E-state index in [1.807, 2.05) is 43.5 Å². The number of aryl methyl sites for hydroxylation is 1. The molecule has 1 aromatic rings. The summed E-state index contributed by atoms with van der Waals surface area (Å²) in [4.78, 5) is 8.75. The van der Waals surface area contributed by atoms with Crippen molar-refractivity contribution < 1.29 is 0 Å². The van der Waals surface area contributed by atoms with Gasteiger partial charge in [0, 0.05) is 13.2 Å². The van der Waals surface area contributed by atoms with Gasteiger partial charge in [0.2, 0.25) is 0 Å². The zero-order chi connectivity index (χ0) is 12.5. The van der Waals surface area contributed by atoms with Crippen LogP contribution >= 0.6 is 0 Å². The summed E-state index contributed by atoms with van der Waals surface area (Å²) in [5.41, 5.74) is 3.20. The number of aromatic nitrogens is 1. The third kappa shape index (κ3) is 3.99. The van der Waals surface area contributed by atoms with Gasteiger partial charge < -0.3 is 0 Å². The van der Waals surface area contributed by atoms with Crippen molar-refractivity contribution in [1.82, 2.24) is 4.98 Å². The van der Waals surface area contributed by atoms with Crippen LogP contribution < -0.4 is 0 Å². The maximum absolute atomic E-state index is 4.44. The lowest BCUT2D eigenvalue weighted by molar-refractivity contribution is 0.910. The molecule has 0 bridgehead atoms. The highest BCUT2D eigenvalue weighted by atomic mass is 14.8. The van der Waals surface area contributed by atoms with Crippen LogP contribution in [-0.2, 0) is 6.42 Å². The zero-order valence-electron chi connectivity index (χ0n) is 10.9. The first-order chi connectivity index (χ1) is 8.33. The third-order valence-electron chi connectivity index (χ3n) is 2.45. The van der Waals surface area contributed by atoms with E-state index in [2.05, 4.69) is 23.0 Å². The first-order valence-corrected chi connectivity index (χ1v) is 6.03. The van der Waals surface area contributed by atoms with Crippen molar-refractivity contribution in [1.29, 1.82) is 0 Å². The molecule has 1 aromatic heterocycles. The fraction of sp³-hybridized carbons (Fsp3) is 0.333. The van der Waals surface area contributed by atoms with Crippen LogP contribution in [0, 0.1) is 0 Å². The Morgan fingerprint density at radius 2 is 2.24 bits per heavy atom. The molecule has 0 radical (unpaired) electrons. The molecule has 0 aliphatic carbocycles. The van der Waals surface area contributed by atoms with E-state index >= 15 is 0 Å². The molecule has 0 spiro atoms. The molecule has 0 N–H and O–H groups in total. The van der Waals surface area contributed by atoms with Crippen LogP contribution in [0.25, 0.3) is 0 Å². The lowest BCUT2D eigenvalue weighted by atomic mass is 10.0. The second-order valence-electron chi connectivity index (χ2n) is 3.75. The van der Waals surface area contributed by atoms with Gasteiger partial charge in [-0.2, -0.15) is 0 Å². The van der Waals surface area contributed by atoms with Crippen LogP contribution in [0.3, 0.4) is 0 Å². The summed E-state index contributed by atoms with van der Waals surface area (Å²) in [6.45, 7) is 4.17. The average Bonchev–Trinajstić information content (AvgIpc) is 2.36. The van der Waals surface area contributed by atoms with Gasteiger partial charge in [0.1, 0.15) is 0 Å². The number of nitrogens with zero attached hydrogens (tertiary/aromatic N) is 2. The summed E-state index contributed by atoms with van der Waals surface area (Å²) in [5, 5.41) is 0. The maximum atomic E-state index is 4.44. The molecule has 17 heavy (non-hydrogen) atoms. The Bertz CT molecular complexity index is 428. The Kier molecular flexibility index (Phi) is 5.94. The Morgan fingerprint density at radius 1 is 1.41 bits per heavy atom. The minimum atomic E-state index is 0.937. The fourth-order valence-electron chi connectivity index (χ4n) is 1.66. The van der Waals surface area contributed by atoms with Gasteiger partial charge in [-0.25, -0.2) is 0 Å². The second-order valence-corrected chi connectivity index (χ2v) is 3.75. The van der Waals surface area contributed by atoms with Gasteiger partial charge in [-0.3, -0.25) is 9.98 Å². The van der Waals surface area contributed by atoms with Crippen molar-refractivity contribution in [3.05, 3.63) is 53.9 Å². The Labute approximate surface area is 104 Å². The van der Waals surface area contributed by atoms with E-state index in [1.54, 1.807) is 7.05 Å². The van der Waals surface area contributed by atoms with Crippen LogP contribution in [0.2, 0.25) is 0 Å². The van der Waals surface area contributed by atoms with Crippen LogP contribution in [0.5, 0.6) is 0 Å². The maximum Gasteiger partial charge on any atom is 0.0913 e. The van der Waals surface area contributed by atoms with Crippen molar-refractivity contribution in [3.8, 4) is 0 Å². The van der Waals surface area contributed by atoms with E-state index in [-0.39, 0.29) is 0 Å². The minimum absolute atomic E-state index is 0.937. The molecule has 2 heteroatoms. The molecule has 1 rings (SSSR count). The van der Waals surface area contributed by atoms with Crippen molar-refractivity contribution in [2.45, 2.75) is 26.7 Å². The topological polar surface area (TPSA) is 25.2 Å². The van der Waals surface area contributed by atoms with Gasteiger partial charge in [0.25, 0.3) is 0 Å². The van der Waals surface area contributed by atoms with Gasteiger partial charge in [-0.05, 0) is 31.1 Å². The number of aliphatic imine (C=N–C) groups is 1. The summed E-state index contributed by atoms with van der Waals surface area (Å²) < 4.78 is 0. The molecule has 0 saturated carbocycles. The number of hydrogen-bond acceptors (Lipinski definition) is 2. The first kappa shape index (κ1) is 13.4. The number of pyridine rings is 1. The standard InChI is InChI=1S/C15H20N2/c1-4-6-7-11-14(16-3)15-13(9-5-2)10-8-12-17-15/h4,6-8,10-12H,5,9H2,1-3H3/b6-4-,11-7-,16-14-. The van der Waals surface area contributed by atoms with Crippen LogP contribution in [0.4, 0.5) is 0 Å². The molecule has 0 aromatic carbocycles. The Balaban J connectivity index is 3.03. The predicted molar refractivity (Wildman–Crippen MR) is 74.6 cm³/mol. The summed E-state index contributed by atoms with van der Waals surface area (Å²) in [7, 11) is 1.81. The summed E-state index contributed by atoms with van der Waals surface area (Å²) in [5.74, 6) is 0. The number of hydrogen-bond donors (Lipinski definition) is 0. The van der Waals surface area contributed by atoms with Gasteiger partial charge in [-0.15, -0.1) is 0 Å². The van der Waals surface area contributed by atoms with E-state index in [1.165, 1.54) is 5.56 Å². The summed E-state index contributed by atoms with van der Waals surface area (Å²) in [6, 6.07) is 4.11. The molecule has 0 fully saturated rings. The molecule has 0 aliphatic rings. The van der Waals surface area contributed by atoms with Crippen LogP contribution in [-0.4, -0.2) is 17.7 Å². The highest BCUT2D eigenvalue weighted by Gasteiger charge is 2.06. The molecule has 0 unspecified atom stereocenters. The van der Waals surface area contributed by atoms with Crippen LogP contribution in [0.15, 0.2) is 47.6 Å². The van der Waals surface area contributed by atoms with Crippen molar-refractivity contribution >= 4 is 5.71 Å². The SMILES string of the molecule is C\C=C/C=C\C(=N\C)c1ncccc1CCC. The second kappa shape index (κ2) is 7.55. The van der Waals surface area contributed by atoms with Gasteiger partial charge >= 0.3 is 0 Å². The van der Waals surface area contributed by atoms with Gasteiger partial charge in [0.15, 0.2) is 0 Å². The Hall–Kier alpha value is -1.70. The third-order valence-corrected chi connectivity index (χ3v) is 2.45. The van der Waals surface area contributed by atoms with E-state index in [0.717, 1.165) is 24.2 Å². The highest BCUT2D eigenvalue weighted by molar-refractivity contribution is 6.08. The average molecular weight is 228 g/mol. The monoisotopic (exact) mass is 228 g/mol.